The lowest BCUT2D eigenvalue weighted by Crippen LogP contribution is -2.16. The number of nitrogens with one attached hydrogen (secondary N) is 1. The van der Waals surface area contributed by atoms with Gasteiger partial charge in [0.2, 0.25) is 0 Å². The second-order valence-electron chi connectivity index (χ2n) is 5.96. The van der Waals surface area contributed by atoms with Crippen LogP contribution in [0, 0.1) is 0 Å². The Morgan fingerprint density at radius 2 is 2.00 bits per heavy atom. The van der Waals surface area contributed by atoms with Crippen LogP contribution in [0.5, 0.6) is 0 Å². The Bertz CT molecular complexity index is 1140. The number of aromatic nitrogens is 3. The van der Waals surface area contributed by atoms with E-state index in [1.54, 1.807) is 29.0 Å². The summed E-state index contributed by atoms with van der Waals surface area (Å²) in [7, 11) is 0. The average Bonchev–Trinajstić information content (AvgIpc) is 3.11. The van der Waals surface area contributed by atoms with Crippen molar-refractivity contribution >= 4 is 28.8 Å². The number of amides is 1. The molecule has 0 bridgehead atoms. The minimum absolute atomic E-state index is 0.290. The van der Waals surface area contributed by atoms with Crippen LogP contribution in [-0.4, -0.2) is 20.5 Å². The first-order valence-corrected chi connectivity index (χ1v) is 8.73. The standard InChI is InChI=1S/C20H16ClN5O/c21-15-6-3-5-13(10-15)16-12-23-26-9-8-18(24-19(16)26)20(27)25-17-7-2-1-4-14(17)11-22/h1-10,12H,11,22H2,(H,25,27). The van der Waals surface area contributed by atoms with Crippen LogP contribution in [0.3, 0.4) is 0 Å². The Morgan fingerprint density at radius 3 is 2.81 bits per heavy atom. The summed E-state index contributed by atoms with van der Waals surface area (Å²) in [6, 6.07) is 16.5. The number of nitrogens with two attached hydrogens (primary N) is 1. The van der Waals surface area contributed by atoms with Crippen LogP contribution in [-0.2, 0) is 6.54 Å². The van der Waals surface area contributed by atoms with Gasteiger partial charge in [-0.2, -0.15) is 5.10 Å². The molecule has 4 aromatic rings. The van der Waals surface area contributed by atoms with E-state index in [2.05, 4.69) is 15.4 Å². The Kier molecular flexibility index (Phi) is 4.58. The number of rotatable bonds is 4. The Hall–Kier alpha value is -3.22. The van der Waals surface area contributed by atoms with Gasteiger partial charge in [-0.1, -0.05) is 41.9 Å². The molecule has 4 rings (SSSR count). The minimum atomic E-state index is -0.309. The van der Waals surface area contributed by atoms with Crippen LogP contribution in [0.25, 0.3) is 16.8 Å². The van der Waals surface area contributed by atoms with E-state index in [1.807, 2.05) is 42.5 Å². The van der Waals surface area contributed by atoms with Gasteiger partial charge in [-0.25, -0.2) is 9.50 Å². The molecule has 0 unspecified atom stereocenters. The zero-order valence-electron chi connectivity index (χ0n) is 14.3. The van der Waals surface area contributed by atoms with Crippen molar-refractivity contribution in [3.05, 3.63) is 83.3 Å². The van der Waals surface area contributed by atoms with Gasteiger partial charge >= 0.3 is 0 Å². The molecule has 0 aliphatic rings. The van der Waals surface area contributed by atoms with E-state index < -0.39 is 0 Å². The van der Waals surface area contributed by atoms with E-state index in [9.17, 15) is 4.79 Å². The third-order valence-electron chi connectivity index (χ3n) is 4.22. The van der Waals surface area contributed by atoms with Gasteiger partial charge in [0.25, 0.3) is 5.91 Å². The summed E-state index contributed by atoms with van der Waals surface area (Å²) < 4.78 is 1.63. The highest BCUT2D eigenvalue weighted by Crippen LogP contribution is 2.26. The van der Waals surface area contributed by atoms with Crippen molar-refractivity contribution in [3.63, 3.8) is 0 Å². The number of nitrogens with zero attached hydrogens (tertiary/aromatic N) is 3. The molecule has 0 aliphatic carbocycles. The number of hydrogen-bond donors (Lipinski definition) is 2. The lowest BCUT2D eigenvalue weighted by molar-refractivity contribution is 0.102. The summed E-state index contributed by atoms with van der Waals surface area (Å²) in [5.74, 6) is -0.309. The molecule has 0 saturated carbocycles. The van der Waals surface area contributed by atoms with Gasteiger partial charge in [0.15, 0.2) is 5.65 Å². The lowest BCUT2D eigenvalue weighted by atomic mass is 10.1. The maximum Gasteiger partial charge on any atom is 0.274 e. The Labute approximate surface area is 160 Å². The number of benzene rings is 2. The highest BCUT2D eigenvalue weighted by Gasteiger charge is 2.14. The van der Waals surface area contributed by atoms with Crippen LogP contribution < -0.4 is 11.1 Å². The third kappa shape index (κ3) is 3.40. The van der Waals surface area contributed by atoms with Gasteiger partial charge in [0.1, 0.15) is 5.69 Å². The first-order chi connectivity index (χ1) is 13.2. The van der Waals surface area contributed by atoms with E-state index in [0.717, 1.165) is 16.7 Å². The molecular weight excluding hydrogens is 362 g/mol. The zero-order valence-corrected chi connectivity index (χ0v) is 15.0. The molecule has 2 heterocycles. The Balaban J connectivity index is 1.71. The van der Waals surface area contributed by atoms with Crippen molar-refractivity contribution in [2.24, 2.45) is 5.73 Å². The fourth-order valence-electron chi connectivity index (χ4n) is 2.86. The predicted octanol–water partition coefficient (Wildman–Crippen LogP) is 3.76. The zero-order chi connectivity index (χ0) is 18.8. The average molecular weight is 378 g/mol. The number of hydrogen-bond acceptors (Lipinski definition) is 4. The molecule has 3 N–H and O–H groups in total. The summed E-state index contributed by atoms with van der Waals surface area (Å²) in [4.78, 5) is 17.2. The third-order valence-corrected chi connectivity index (χ3v) is 4.46. The molecule has 0 spiro atoms. The monoisotopic (exact) mass is 377 g/mol. The van der Waals surface area contributed by atoms with Crippen molar-refractivity contribution < 1.29 is 4.79 Å². The summed E-state index contributed by atoms with van der Waals surface area (Å²) >= 11 is 6.09. The molecule has 2 aromatic carbocycles. The maximum atomic E-state index is 12.7. The smallest absolute Gasteiger partial charge is 0.274 e. The van der Waals surface area contributed by atoms with E-state index in [-0.39, 0.29) is 11.6 Å². The van der Waals surface area contributed by atoms with Gasteiger partial charge in [0, 0.05) is 29.0 Å². The summed E-state index contributed by atoms with van der Waals surface area (Å²) in [6.07, 6.45) is 3.42. The molecule has 27 heavy (non-hydrogen) atoms. The van der Waals surface area contributed by atoms with Gasteiger partial charge in [-0.3, -0.25) is 4.79 Å². The molecule has 0 saturated heterocycles. The number of para-hydroxylation sites is 1. The number of halogens is 1. The molecular formula is C20H16ClN5O. The quantitative estimate of drug-likeness (QED) is 0.567. The van der Waals surface area contributed by atoms with Gasteiger partial charge in [-0.05, 0) is 35.4 Å². The number of anilines is 1. The molecule has 0 atom stereocenters. The minimum Gasteiger partial charge on any atom is -0.326 e. The van der Waals surface area contributed by atoms with Crippen molar-refractivity contribution in [1.29, 1.82) is 0 Å². The van der Waals surface area contributed by atoms with Crippen molar-refractivity contribution in [2.75, 3.05) is 5.32 Å². The van der Waals surface area contributed by atoms with Crippen molar-refractivity contribution in [2.45, 2.75) is 6.54 Å². The largest absolute Gasteiger partial charge is 0.326 e. The van der Waals surface area contributed by atoms with Crippen LogP contribution >= 0.6 is 11.6 Å². The van der Waals surface area contributed by atoms with E-state index in [4.69, 9.17) is 17.3 Å². The Morgan fingerprint density at radius 1 is 1.15 bits per heavy atom. The highest BCUT2D eigenvalue weighted by molar-refractivity contribution is 6.30. The normalized spacial score (nSPS) is 10.9. The molecule has 0 aliphatic heterocycles. The van der Waals surface area contributed by atoms with E-state index >= 15 is 0 Å². The van der Waals surface area contributed by atoms with E-state index in [0.29, 0.717) is 22.9 Å². The van der Waals surface area contributed by atoms with Gasteiger partial charge in [0.05, 0.1) is 6.20 Å². The molecule has 0 fully saturated rings. The fourth-order valence-corrected chi connectivity index (χ4v) is 3.05. The predicted molar refractivity (Wildman–Crippen MR) is 106 cm³/mol. The van der Waals surface area contributed by atoms with Gasteiger partial charge in [-0.15, -0.1) is 0 Å². The van der Waals surface area contributed by atoms with Crippen molar-refractivity contribution in [1.82, 2.24) is 14.6 Å². The molecule has 134 valence electrons. The van der Waals surface area contributed by atoms with Crippen LogP contribution in [0.4, 0.5) is 5.69 Å². The lowest BCUT2D eigenvalue weighted by Gasteiger charge is -2.09. The fraction of sp³-hybridized carbons (Fsp3) is 0.0500. The second-order valence-corrected chi connectivity index (χ2v) is 6.40. The molecule has 6 nitrogen and oxygen atoms in total. The highest BCUT2D eigenvalue weighted by atomic mass is 35.5. The topological polar surface area (TPSA) is 85.3 Å². The maximum absolute atomic E-state index is 12.7. The molecule has 7 heteroatoms. The van der Waals surface area contributed by atoms with Crippen LogP contribution in [0.15, 0.2) is 67.0 Å². The number of carbonyl (C=O) groups excluding carboxylic acids is 1. The number of fused-ring (bicyclic) bond motifs is 1. The van der Waals surface area contributed by atoms with Gasteiger partial charge < -0.3 is 11.1 Å². The summed E-state index contributed by atoms with van der Waals surface area (Å²) in [6.45, 7) is 0.338. The number of carbonyl (C=O) groups is 1. The summed E-state index contributed by atoms with van der Waals surface area (Å²) in [5.41, 5.74) is 9.82. The molecule has 0 radical (unpaired) electrons. The van der Waals surface area contributed by atoms with Crippen LogP contribution in [0.2, 0.25) is 5.02 Å². The van der Waals surface area contributed by atoms with Crippen molar-refractivity contribution in [3.8, 4) is 11.1 Å². The first kappa shape index (κ1) is 17.2. The van der Waals surface area contributed by atoms with Crippen LogP contribution in [0.1, 0.15) is 16.1 Å². The van der Waals surface area contributed by atoms with E-state index in [1.165, 1.54) is 0 Å². The second kappa shape index (κ2) is 7.19. The molecule has 2 aromatic heterocycles. The molecule has 1 amide bonds. The first-order valence-electron chi connectivity index (χ1n) is 8.35. The summed E-state index contributed by atoms with van der Waals surface area (Å²) in [5, 5.41) is 7.79. The SMILES string of the molecule is NCc1ccccc1NC(=O)c1ccn2ncc(-c3cccc(Cl)c3)c2n1.